The molecule has 4 rings (SSSR count). The van der Waals surface area contributed by atoms with Gasteiger partial charge >= 0.3 is 5.97 Å². The van der Waals surface area contributed by atoms with Crippen LogP contribution in [-0.4, -0.2) is 43.3 Å². The summed E-state index contributed by atoms with van der Waals surface area (Å²) < 4.78 is 16.4. The zero-order valence-electron chi connectivity index (χ0n) is 16.0. The summed E-state index contributed by atoms with van der Waals surface area (Å²) in [4.78, 5) is 25.4. The summed E-state index contributed by atoms with van der Waals surface area (Å²) in [6.07, 6.45) is 2.62. The molecule has 1 aromatic carbocycles. The predicted molar refractivity (Wildman–Crippen MR) is 98.8 cm³/mol. The number of methoxy groups -OCH3 is 1. The number of epoxide rings is 1. The molecule has 1 saturated heterocycles. The zero-order chi connectivity index (χ0) is 19.2. The van der Waals surface area contributed by atoms with Gasteiger partial charge in [-0.3, -0.25) is 4.79 Å². The van der Waals surface area contributed by atoms with Crippen LogP contribution >= 0.6 is 0 Å². The fraction of sp³-hybridized carbons (Fsp3) is 0.524. The highest BCUT2D eigenvalue weighted by Crippen LogP contribution is 2.44. The van der Waals surface area contributed by atoms with Gasteiger partial charge in [-0.25, -0.2) is 4.79 Å². The van der Waals surface area contributed by atoms with E-state index < -0.39 is 17.6 Å². The van der Waals surface area contributed by atoms with Crippen molar-refractivity contribution in [3.63, 3.8) is 0 Å². The van der Waals surface area contributed by atoms with Gasteiger partial charge in [0.1, 0.15) is 5.76 Å². The van der Waals surface area contributed by atoms with Gasteiger partial charge in [-0.2, -0.15) is 0 Å². The highest BCUT2D eigenvalue weighted by molar-refractivity contribution is 6.24. The minimum atomic E-state index is -0.651. The molecular weight excluding hydrogens is 346 g/mol. The van der Waals surface area contributed by atoms with E-state index in [2.05, 4.69) is 5.32 Å². The second-order valence-electron chi connectivity index (χ2n) is 7.74. The molecule has 2 fully saturated rings. The lowest BCUT2D eigenvalue weighted by molar-refractivity contribution is -0.142. The van der Waals surface area contributed by atoms with Gasteiger partial charge in [0, 0.05) is 7.11 Å². The number of amides is 1. The molecule has 0 aromatic heterocycles. The Labute approximate surface area is 158 Å². The minimum Gasteiger partial charge on any atom is -0.426 e. The van der Waals surface area contributed by atoms with Gasteiger partial charge in [0.15, 0.2) is 6.10 Å². The van der Waals surface area contributed by atoms with Gasteiger partial charge in [-0.05, 0) is 50.7 Å². The number of hydrogen-bond donors (Lipinski definition) is 1. The van der Waals surface area contributed by atoms with Crippen molar-refractivity contribution in [1.82, 2.24) is 5.32 Å². The SMILES string of the molecule is COC1CCC2(CC1)NC(=O)C(c1cc(C)ccc1C)=C2OC(=O)C1CO1. The third kappa shape index (κ3) is 3.28. The molecule has 0 radical (unpaired) electrons. The lowest BCUT2D eigenvalue weighted by Gasteiger charge is -2.37. The quantitative estimate of drug-likeness (QED) is 0.650. The van der Waals surface area contributed by atoms with E-state index in [-0.39, 0.29) is 12.0 Å². The van der Waals surface area contributed by atoms with Gasteiger partial charge in [0.25, 0.3) is 5.91 Å². The molecule has 1 spiro atoms. The van der Waals surface area contributed by atoms with Gasteiger partial charge in [-0.15, -0.1) is 0 Å². The van der Waals surface area contributed by atoms with E-state index in [1.54, 1.807) is 7.11 Å². The fourth-order valence-electron chi connectivity index (χ4n) is 4.10. The van der Waals surface area contributed by atoms with Crippen LogP contribution in [0.3, 0.4) is 0 Å². The molecule has 27 heavy (non-hydrogen) atoms. The molecule has 6 nitrogen and oxygen atoms in total. The number of carbonyl (C=O) groups is 2. The molecule has 0 bridgehead atoms. The van der Waals surface area contributed by atoms with E-state index >= 15 is 0 Å². The number of nitrogens with one attached hydrogen (secondary N) is 1. The molecule has 3 aliphatic rings. The summed E-state index contributed by atoms with van der Waals surface area (Å²) in [5.41, 5.74) is 2.67. The van der Waals surface area contributed by atoms with Crippen molar-refractivity contribution in [2.75, 3.05) is 13.7 Å². The van der Waals surface area contributed by atoms with Crippen molar-refractivity contribution in [3.8, 4) is 0 Å². The topological polar surface area (TPSA) is 77.2 Å². The van der Waals surface area contributed by atoms with E-state index in [1.165, 1.54) is 0 Å². The Bertz CT molecular complexity index is 816. The molecule has 1 unspecified atom stereocenters. The first-order valence-corrected chi connectivity index (χ1v) is 9.44. The molecule has 2 heterocycles. The molecule has 1 N–H and O–H groups in total. The van der Waals surface area contributed by atoms with Crippen LogP contribution in [0.25, 0.3) is 5.57 Å². The summed E-state index contributed by atoms with van der Waals surface area (Å²) in [6, 6.07) is 5.97. The predicted octanol–water partition coefficient (Wildman–Crippen LogP) is 2.41. The first-order chi connectivity index (χ1) is 12.9. The minimum absolute atomic E-state index is 0.168. The summed E-state index contributed by atoms with van der Waals surface area (Å²) in [6.45, 7) is 4.33. The summed E-state index contributed by atoms with van der Waals surface area (Å²) in [5, 5.41) is 3.14. The van der Waals surface area contributed by atoms with Crippen molar-refractivity contribution in [3.05, 3.63) is 40.6 Å². The molecule has 1 aromatic rings. The van der Waals surface area contributed by atoms with Gasteiger partial charge < -0.3 is 19.5 Å². The van der Waals surface area contributed by atoms with Crippen molar-refractivity contribution in [1.29, 1.82) is 0 Å². The second kappa shape index (κ2) is 6.77. The van der Waals surface area contributed by atoms with Crippen LogP contribution in [0.5, 0.6) is 0 Å². The van der Waals surface area contributed by atoms with E-state index in [0.717, 1.165) is 29.5 Å². The monoisotopic (exact) mass is 371 g/mol. The molecule has 1 saturated carbocycles. The largest absolute Gasteiger partial charge is 0.426 e. The lowest BCUT2D eigenvalue weighted by atomic mass is 9.79. The van der Waals surface area contributed by atoms with Crippen LogP contribution in [0.4, 0.5) is 0 Å². The van der Waals surface area contributed by atoms with Crippen LogP contribution in [0.2, 0.25) is 0 Å². The number of carbonyl (C=O) groups excluding carboxylic acids is 2. The lowest BCUT2D eigenvalue weighted by Crippen LogP contribution is -2.49. The van der Waals surface area contributed by atoms with E-state index in [4.69, 9.17) is 14.2 Å². The molecular formula is C21H25NO5. The standard InChI is InChI=1S/C21H25NO5/c1-12-4-5-13(2)15(10-12)17-18(27-20(24)16-11-26-16)21(22-19(17)23)8-6-14(25-3)7-9-21/h4-5,10,14,16H,6-9,11H2,1-3H3,(H,22,23). The van der Waals surface area contributed by atoms with Crippen molar-refractivity contribution in [2.45, 2.75) is 57.3 Å². The average molecular weight is 371 g/mol. The van der Waals surface area contributed by atoms with Gasteiger partial charge in [-0.1, -0.05) is 23.8 Å². The number of hydrogen-bond acceptors (Lipinski definition) is 5. The molecule has 6 heteroatoms. The smallest absolute Gasteiger partial charge is 0.342 e. The summed E-state index contributed by atoms with van der Waals surface area (Å²) in [5.74, 6) is -0.145. The highest BCUT2D eigenvalue weighted by atomic mass is 16.6. The maximum Gasteiger partial charge on any atom is 0.342 e. The number of benzene rings is 1. The first kappa shape index (κ1) is 18.2. The Morgan fingerprint density at radius 1 is 1.26 bits per heavy atom. The maximum atomic E-state index is 13.0. The number of rotatable bonds is 4. The van der Waals surface area contributed by atoms with Crippen molar-refractivity contribution in [2.24, 2.45) is 0 Å². The van der Waals surface area contributed by atoms with Crippen molar-refractivity contribution >= 4 is 17.4 Å². The molecule has 2 aliphatic heterocycles. The fourth-order valence-corrected chi connectivity index (χ4v) is 4.10. The Balaban J connectivity index is 1.79. The third-order valence-corrected chi connectivity index (χ3v) is 5.82. The molecule has 144 valence electrons. The van der Waals surface area contributed by atoms with Gasteiger partial charge in [0.2, 0.25) is 0 Å². The van der Waals surface area contributed by atoms with E-state index in [0.29, 0.717) is 30.8 Å². The van der Waals surface area contributed by atoms with Crippen LogP contribution in [0.1, 0.15) is 42.4 Å². The van der Waals surface area contributed by atoms with E-state index in [1.807, 2.05) is 32.0 Å². The Hall–Kier alpha value is -2.18. The molecule has 1 atom stereocenters. The Morgan fingerprint density at radius 3 is 2.59 bits per heavy atom. The number of esters is 1. The Morgan fingerprint density at radius 2 is 1.96 bits per heavy atom. The van der Waals surface area contributed by atoms with Crippen molar-refractivity contribution < 1.29 is 23.8 Å². The highest BCUT2D eigenvalue weighted by Gasteiger charge is 2.51. The first-order valence-electron chi connectivity index (χ1n) is 9.44. The third-order valence-electron chi connectivity index (χ3n) is 5.82. The zero-order valence-corrected chi connectivity index (χ0v) is 16.0. The number of ether oxygens (including phenoxy) is 3. The second-order valence-corrected chi connectivity index (χ2v) is 7.74. The van der Waals surface area contributed by atoms with Crippen LogP contribution in [0, 0.1) is 13.8 Å². The summed E-state index contributed by atoms with van der Waals surface area (Å²) in [7, 11) is 1.71. The normalized spacial score (nSPS) is 29.8. The maximum absolute atomic E-state index is 13.0. The van der Waals surface area contributed by atoms with Crippen LogP contribution in [-0.2, 0) is 23.8 Å². The number of aryl methyl sites for hydroxylation is 2. The van der Waals surface area contributed by atoms with Crippen LogP contribution < -0.4 is 5.32 Å². The Kier molecular flexibility index (Phi) is 4.56. The molecule has 1 aliphatic carbocycles. The van der Waals surface area contributed by atoms with Gasteiger partial charge in [0.05, 0.1) is 23.8 Å². The summed E-state index contributed by atoms with van der Waals surface area (Å²) >= 11 is 0. The average Bonchev–Trinajstić information content (AvgIpc) is 3.46. The molecule has 1 amide bonds. The van der Waals surface area contributed by atoms with Crippen LogP contribution in [0.15, 0.2) is 24.0 Å². The van der Waals surface area contributed by atoms with E-state index in [9.17, 15) is 9.59 Å².